The molecule has 35 heavy (non-hydrogen) atoms. The van der Waals surface area contributed by atoms with Crippen LogP contribution < -0.4 is 10.6 Å². The lowest BCUT2D eigenvalue weighted by Gasteiger charge is -2.41. The smallest absolute Gasteiger partial charge is 0.278 e. The summed E-state index contributed by atoms with van der Waals surface area (Å²) >= 11 is 0. The van der Waals surface area contributed by atoms with Crippen LogP contribution in [0.15, 0.2) is 43.0 Å². The molecular formula is C23H24FN9O2. The molecule has 0 spiro atoms. The number of aryl methyl sites for hydroxylation is 2. The molecule has 2 amide bonds. The van der Waals surface area contributed by atoms with Crippen molar-refractivity contribution in [3.63, 3.8) is 0 Å². The lowest BCUT2D eigenvalue weighted by atomic mass is 9.99. The topological polar surface area (TPSA) is 122 Å². The fourth-order valence-electron chi connectivity index (χ4n) is 4.11. The summed E-state index contributed by atoms with van der Waals surface area (Å²) in [5.74, 6) is -0.734. The Kier molecular flexibility index (Phi) is 5.52. The van der Waals surface area contributed by atoms with Crippen molar-refractivity contribution in [2.75, 3.05) is 30.3 Å². The highest BCUT2D eigenvalue weighted by Crippen LogP contribution is 2.25. The molecule has 1 saturated heterocycles. The first-order chi connectivity index (χ1) is 16.7. The highest BCUT2D eigenvalue weighted by Gasteiger charge is 2.39. The van der Waals surface area contributed by atoms with Crippen LogP contribution in [0.2, 0.25) is 0 Å². The molecule has 4 aromatic heterocycles. The zero-order chi connectivity index (χ0) is 24.7. The molecule has 180 valence electrons. The second-order valence-electron chi connectivity index (χ2n) is 9.01. The maximum absolute atomic E-state index is 13.6. The highest BCUT2D eigenvalue weighted by molar-refractivity contribution is 6.08. The maximum atomic E-state index is 13.6. The summed E-state index contributed by atoms with van der Waals surface area (Å²) in [4.78, 5) is 31.3. The fraction of sp³-hybridized carbons (Fsp3) is 0.304. The summed E-state index contributed by atoms with van der Waals surface area (Å²) in [6, 6.07) is 5.27. The predicted octanol–water partition coefficient (Wildman–Crippen LogP) is 2.07. The number of hydrogen-bond donors (Lipinski definition) is 2. The van der Waals surface area contributed by atoms with E-state index in [0.717, 1.165) is 11.1 Å². The number of pyridine rings is 2. The number of carbonyl (C=O) groups is 2. The molecule has 2 N–H and O–H groups in total. The third-order valence-electron chi connectivity index (χ3n) is 5.76. The average molecular weight is 478 g/mol. The summed E-state index contributed by atoms with van der Waals surface area (Å²) in [7, 11) is 1.84. The van der Waals surface area contributed by atoms with Gasteiger partial charge in [-0.25, -0.2) is 8.91 Å². The van der Waals surface area contributed by atoms with E-state index >= 15 is 0 Å². The zero-order valence-corrected chi connectivity index (χ0v) is 19.5. The molecule has 11 nitrogen and oxygen atoms in total. The summed E-state index contributed by atoms with van der Waals surface area (Å²) in [5, 5.41) is 17.8. The van der Waals surface area contributed by atoms with Gasteiger partial charge in [0.05, 0.1) is 41.5 Å². The minimum Gasteiger partial charge on any atom is -0.324 e. The van der Waals surface area contributed by atoms with Gasteiger partial charge in [-0.1, -0.05) is 11.3 Å². The maximum Gasteiger partial charge on any atom is 0.278 e. The van der Waals surface area contributed by atoms with Crippen molar-refractivity contribution in [3.05, 3.63) is 54.4 Å². The van der Waals surface area contributed by atoms with Gasteiger partial charge in [-0.05, 0) is 26.0 Å². The fourth-order valence-corrected chi connectivity index (χ4v) is 4.11. The Hall–Kier alpha value is -4.19. The van der Waals surface area contributed by atoms with E-state index in [0.29, 0.717) is 22.6 Å². The number of aromatic nitrogens is 6. The van der Waals surface area contributed by atoms with Crippen LogP contribution in [0, 0.1) is 6.92 Å². The van der Waals surface area contributed by atoms with E-state index in [1.165, 1.54) is 17.6 Å². The first-order valence-electron chi connectivity index (χ1n) is 11.0. The van der Waals surface area contributed by atoms with Gasteiger partial charge >= 0.3 is 0 Å². The van der Waals surface area contributed by atoms with Crippen LogP contribution in [0.25, 0.3) is 16.6 Å². The molecule has 0 atom stereocenters. The Morgan fingerprint density at radius 2 is 1.94 bits per heavy atom. The number of likely N-dealkylation sites (tertiary alicyclic amines) is 1. The van der Waals surface area contributed by atoms with Gasteiger partial charge in [0.15, 0.2) is 5.69 Å². The largest absolute Gasteiger partial charge is 0.324 e. The number of halogens is 1. The molecule has 5 rings (SSSR count). The Bertz CT molecular complexity index is 1430. The molecule has 1 aliphatic heterocycles. The minimum atomic E-state index is -1.24. The molecule has 4 aromatic rings. The molecule has 1 aliphatic rings. The zero-order valence-electron chi connectivity index (χ0n) is 19.5. The minimum absolute atomic E-state index is 0.0857. The first-order valence-corrected chi connectivity index (χ1v) is 11.0. The second kappa shape index (κ2) is 8.55. The number of rotatable bonds is 6. The number of nitrogens with one attached hydrogen (secondary N) is 2. The molecule has 1 fully saturated rings. The molecule has 12 heteroatoms. The number of anilines is 2. The molecule has 0 aromatic carbocycles. The number of amides is 2. The van der Waals surface area contributed by atoms with E-state index in [-0.39, 0.29) is 31.2 Å². The monoisotopic (exact) mass is 477 g/mol. The third kappa shape index (κ3) is 4.73. The van der Waals surface area contributed by atoms with E-state index in [2.05, 4.69) is 31.0 Å². The highest BCUT2D eigenvalue weighted by atomic mass is 19.1. The molecular weight excluding hydrogens is 453 g/mol. The van der Waals surface area contributed by atoms with Gasteiger partial charge in [0, 0.05) is 43.7 Å². The Balaban J connectivity index is 1.29. The third-order valence-corrected chi connectivity index (χ3v) is 5.76. The summed E-state index contributed by atoms with van der Waals surface area (Å²) in [5.41, 5.74) is 2.69. The molecule has 0 aliphatic carbocycles. The van der Waals surface area contributed by atoms with Gasteiger partial charge in [-0.15, -0.1) is 5.10 Å². The number of carbonyl (C=O) groups excluding carboxylic acids is 2. The Labute approximate surface area is 199 Å². The number of alkyl halides is 1. The number of hydrogen-bond acceptors (Lipinski definition) is 7. The van der Waals surface area contributed by atoms with Gasteiger partial charge in [-0.3, -0.25) is 24.2 Å². The van der Waals surface area contributed by atoms with Gasteiger partial charge in [0.25, 0.3) is 5.91 Å². The Morgan fingerprint density at radius 1 is 1.14 bits per heavy atom. The summed E-state index contributed by atoms with van der Waals surface area (Å²) in [6.45, 7) is 3.79. The van der Waals surface area contributed by atoms with Crippen LogP contribution in [0.5, 0.6) is 0 Å². The Morgan fingerprint density at radius 3 is 2.66 bits per heavy atom. The van der Waals surface area contributed by atoms with E-state index in [1.807, 2.05) is 19.3 Å². The predicted molar refractivity (Wildman–Crippen MR) is 127 cm³/mol. The molecule has 0 unspecified atom stereocenters. The van der Waals surface area contributed by atoms with Crippen LogP contribution in [0.1, 0.15) is 23.1 Å². The van der Waals surface area contributed by atoms with Gasteiger partial charge in [-0.2, -0.15) is 5.10 Å². The first kappa shape index (κ1) is 22.6. The van der Waals surface area contributed by atoms with Crippen LogP contribution >= 0.6 is 0 Å². The van der Waals surface area contributed by atoms with Crippen LogP contribution in [0.4, 0.5) is 15.8 Å². The standard InChI is InChI=1S/C23H24FN9O2/c1-14-18(6-17(8-25-14)27-20(34)11-32-12-23(2,24)13-32)28-22(35)21-19-5-4-15(10-33(19)30-29-21)16-7-26-31(3)9-16/h4-10H,11-13H2,1-3H3,(H,27,34)(H,28,35). The van der Waals surface area contributed by atoms with Crippen molar-refractivity contribution in [3.8, 4) is 11.1 Å². The summed E-state index contributed by atoms with van der Waals surface area (Å²) in [6.07, 6.45) is 6.91. The quantitative estimate of drug-likeness (QED) is 0.436. The van der Waals surface area contributed by atoms with E-state index in [9.17, 15) is 14.0 Å². The normalized spacial score (nSPS) is 15.1. The van der Waals surface area contributed by atoms with Crippen molar-refractivity contribution in [2.45, 2.75) is 19.5 Å². The van der Waals surface area contributed by atoms with Gasteiger partial charge < -0.3 is 10.6 Å². The van der Waals surface area contributed by atoms with E-state index in [1.54, 1.807) is 41.0 Å². The molecule has 0 radical (unpaired) electrons. The van der Waals surface area contributed by atoms with E-state index < -0.39 is 11.6 Å². The molecule has 0 saturated carbocycles. The van der Waals surface area contributed by atoms with Crippen LogP contribution in [-0.4, -0.2) is 71.6 Å². The second-order valence-corrected chi connectivity index (χ2v) is 9.01. The van der Waals surface area contributed by atoms with Crippen LogP contribution in [-0.2, 0) is 11.8 Å². The van der Waals surface area contributed by atoms with Gasteiger partial charge in [0.2, 0.25) is 5.91 Å². The molecule has 0 bridgehead atoms. The number of nitrogens with zero attached hydrogens (tertiary/aromatic N) is 7. The van der Waals surface area contributed by atoms with Crippen molar-refractivity contribution >= 4 is 28.7 Å². The van der Waals surface area contributed by atoms with Crippen molar-refractivity contribution < 1.29 is 14.0 Å². The lowest BCUT2D eigenvalue weighted by Crippen LogP contribution is -2.58. The summed E-state index contributed by atoms with van der Waals surface area (Å²) < 4.78 is 16.9. The van der Waals surface area contributed by atoms with Crippen molar-refractivity contribution in [1.82, 2.24) is 34.5 Å². The lowest BCUT2D eigenvalue weighted by molar-refractivity contribution is -0.120. The SMILES string of the molecule is Cc1ncc(NC(=O)CN2CC(C)(F)C2)cc1NC(=O)c1nnn2cc(-c3cnn(C)c3)ccc12. The van der Waals surface area contributed by atoms with Gasteiger partial charge in [0.1, 0.15) is 5.67 Å². The number of fused-ring (bicyclic) bond motifs is 1. The molecule has 5 heterocycles. The van der Waals surface area contributed by atoms with Crippen molar-refractivity contribution in [1.29, 1.82) is 0 Å². The van der Waals surface area contributed by atoms with Crippen LogP contribution in [0.3, 0.4) is 0 Å². The van der Waals surface area contributed by atoms with Crippen molar-refractivity contribution in [2.24, 2.45) is 7.05 Å². The van der Waals surface area contributed by atoms with E-state index in [4.69, 9.17) is 0 Å². The average Bonchev–Trinajstić information content (AvgIpc) is 3.40.